The summed E-state index contributed by atoms with van der Waals surface area (Å²) < 4.78 is 0. The molecule has 5 nitrogen and oxygen atoms in total. The van der Waals surface area contributed by atoms with Crippen molar-refractivity contribution < 1.29 is 4.79 Å². The first-order valence-corrected chi connectivity index (χ1v) is 9.98. The minimum atomic E-state index is 0.0992. The van der Waals surface area contributed by atoms with Crippen LogP contribution in [-0.4, -0.2) is 70.9 Å². The lowest BCUT2D eigenvalue weighted by atomic mass is 9.86. The third-order valence-corrected chi connectivity index (χ3v) is 6.46. The van der Waals surface area contributed by atoms with Crippen molar-refractivity contribution in [3.63, 3.8) is 0 Å². The number of carbonyl (C=O) groups excluding carboxylic acids is 1. The number of benzene rings is 1. The number of likely N-dealkylation sites (N-methyl/N-ethyl adjacent to an activating group) is 1. The van der Waals surface area contributed by atoms with E-state index in [2.05, 4.69) is 52.7 Å². The van der Waals surface area contributed by atoms with E-state index in [1.807, 2.05) is 17.2 Å². The van der Waals surface area contributed by atoms with E-state index >= 15 is 0 Å². The third-order valence-electron chi connectivity index (χ3n) is 6.46. The number of aromatic nitrogens is 1. The molecule has 27 heavy (non-hydrogen) atoms. The van der Waals surface area contributed by atoms with Crippen LogP contribution in [0.25, 0.3) is 10.9 Å². The Morgan fingerprint density at radius 1 is 1.22 bits per heavy atom. The molecule has 1 aromatic carbocycles. The van der Waals surface area contributed by atoms with Crippen molar-refractivity contribution in [2.45, 2.75) is 31.3 Å². The molecule has 1 amide bonds. The molecular formula is C22H30N4O. The molecule has 2 saturated heterocycles. The van der Waals surface area contributed by atoms with Gasteiger partial charge in [0.1, 0.15) is 0 Å². The van der Waals surface area contributed by atoms with Crippen molar-refractivity contribution in [3.05, 3.63) is 48.7 Å². The zero-order valence-electron chi connectivity index (χ0n) is 16.3. The molecule has 1 atom stereocenters. The van der Waals surface area contributed by atoms with E-state index in [1.165, 1.54) is 16.5 Å². The lowest BCUT2D eigenvalue weighted by Gasteiger charge is -2.49. The molecule has 3 heterocycles. The van der Waals surface area contributed by atoms with Crippen molar-refractivity contribution >= 4 is 16.8 Å². The van der Waals surface area contributed by atoms with Gasteiger partial charge < -0.3 is 9.88 Å². The van der Waals surface area contributed by atoms with Crippen molar-refractivity contribution in [3.8, 4) is 0 Å². The van der Waals surface area contributed by atoms with Gasteiger partial charge in [0, 0.05) is 62.9 Å². The Labute approximate surface area is 161 Å². The Morgan fingerprint density at radius 2 is 2.11 bits per heavy atom. The van der Waals surface area contributed by atoms with Gasteiger partial charge in [0.25, 0.3) is 0 Å². The maximum absolute atomic E-state index is 12.5. The number of amides is 1. The van der Waals surface area contributed by atoms with E-state index in [0.717, 1.165) is 45.6 Å². The monoisotopic (exact) mass is 366 g/mol. The Hall–Kier alpha value is -2.11. The van der Waals surface area contributed by atoms with E-state index in [0.29, 0.717) is 13.0 Å². The second-order valence-electron chi connectivity index (χ2n) is 8.13. The molecule has 144 valence electrons. The molecule has 0 saturated carbocycles. The van der Waals surface area contributed by atoms with Gasteiger partial charge >= 0.3 is 0 Å². The minimum absolute atomic E-state index is 0.0992. The Balaban J connectivity index is 1.48. The average Bonchev–Trinajstić information content (AvgIpc) is 3.07. The van der Waals surface area contributed by atoms with Crippen LogP contribution in [0.15, 0.2) is 43.1 Å². The van der Waals surface area contributed by atoms with Crippen LogP contribution in [0, 0.1) is 0 Å². The molecule has 5 heteroatoms. The van der Waals surface area contributed by atoms with Gasteiger partial charge in [-0.05, 0) is 49.0 Å². The number of nitrogens with one attached hydrogen (secondary N) is 1. The molecule has 0 aliphatic carbocycles. The second kappa shape index (κ2) is 7.49. The molecule has 2 aliphatic rings. The first kappa shape index (κ1) is 18.3. The molecule has 1 spiro atoms. The van der Waals surface area contributed by atoms with E-state index in [4.69, 9.17) is 0 Å². The lowest BCUT2D eigenvalue weighted by molar-refractivity contribution is -0.130. The molecule has 1 unspecified atom stereocenters. The number of hydrogen-bond donors (Lipinski definition) is 1. The van der Waals surface area contributed by atoms with Crippen LogP contribution < -0.4 is 0 Å². The summed E-state index contributed by atoms with van der Waals surface area (Å²) in [6.45, 7) is 9.44. The molecule has 0 radical (unpaired) electrons. The fraction of sp³-hybridized carbons (Fsp3) is 0.500. The van der Waals surface area contributed by atoms with E-state index in [1.54, 1.807) is 0 Å². The van der Waals surface area contributed by atoms with Crippen LogP contribution >= 0.6 is 0 Å². The van der Waals surface area contributed by atoms with Crippen LogP contribution in [-0.2, 0) is 11.3 Å². The highest BCUT2D eigenvalue weighted by Crippen LogP contribution is 2.32. The Kier molecular flexibility index (Phi) is 5.06. The van der Waals surface area contributed by atoms with Crippen LogP contribution in [0.4, 0.5) is 0 Å². The van der Waals surface area contributed by atoms with Crippen molar-refractivity contribution in [1.29, 1.82) is 0 Å². The average molecular weight is 367 g/mol. The van der Waals surface area contributed by atoms with Crippen LogP contribution in [0.2, 0.25) is 0 Å². The second-order valence-corrected chi connectivity index (χ2v) is 8.13. The number of rotatable bonds is 4. The van der Waals surface area contributed by atoms with Gasteiger partial charge in [-0.15, -0.1) is 6.58 Å². The first-order valence-electron chi connectivity index (χ1n) is 9.98. The highest BCUT2D eigenvalue weighted by Gasteiger charge is 2.42. The van der Waals surface area contributed by atoms with E-state index in [9.17, 15) is 4.79 Å². The number of likely N-dealkylation sites (tertiary alicyclic amines) is 1. The quantitative estimate of drug-likeness (QED) is 0.846. The molecule has 1 aromatic heterocycles. The van der Waals surface area contributed by atoms with Gasteiger partial charge in [0.05, 0.1) is 0 Å². The fourth-order valence-electron chi connectivity index (χ4n) is 4.72. The summed E-state index contributed by atoms with van der Waals surface area (Å²) in [5.74, 6) is 0.273. The molecule has 2 fully saturated rings. The third kappa shape index (κ3) is 3.66. The maximum Gasteiger partial charge on any atom is 0.222 e. The highest BCUT2D eigenvalue weighted by molar-refractivity contribution is 5.79. The SMILES string of the molecule is C=CCN1CCC2(CCC1=O)CN(Cc1ccc3[nH]ccc3c1)CCN2C. The fourth-order valence-corrected chi connectivity index (χ4v) is 4.72. The molecule has 2 aromatic rings. The van der Waals surface area contributed by atoms with Crippen molar-refractivity contribution in [2.24, 2.45) is 0 Å². The summed E-state index contributed by atoms with van der Waals surface area (Å²) in [7, 11) is 2.23. The van der Waals surface area contributed by atoms with Crippen molar-refractivity contribution in [2.75, 3.05) is 39.8 Å². The topological polar surface area (TPSA) is 42.6 Å². The van der Waals surface area contributed by atoms with Crippen molar-refractivity contribution in [1.82, 2.24) is 19.7 Å². The van der Waals surface area contributed by atoms with Gasteiger partial charge in [-0.25, -0.2) is 0 Å². The molecular weight excluding hydrogens is 336 g/mol. The number of H-pyrrole nitrogens is 1. The maximum atomic E-state index is 12.5. The molecule has 2 aliphatic heterocycles. The highest BCUT2D eigenvalue weighted by atomic mass is 16.2. The van der Waals surface area contributed by atoms with Gasteiger partial charge in [0.15, 0.2) is 0 Å². The number of piperazine rings is 1. The summed E-state index contributed by atoms with van der Waals surface area (Å²) in [6, 6.07) is 8.83. The summed E-state index contributed by atoms with van der Waals surface area (Å²) in [5.41, 5.74) is 2.65. The normalized spacial score (nSPS) is 25.2. The van der Waals surface area contributed by atoms with Gasteiger partial charge in [-0.3, -0.25) is 14.6 Å². The Morgan fingerprint density at radius 3 is 2.96 bits per heavy atom. The van der Waals surface area contributed by atoms with Crippen LogP contribution in [0.5, 0.6) is 0 Å². The number of fused-ring (bicyclic) bond motifs is 1. The zero-order chi connectivity index (χ0) is 18.9. The largest absolute Gasteiger partial charge is 0.361 e. The van der Waals surface area contributed by atoms with Gasteiger partial charge in [0.2, 0.25) is 5.91 Å². The lowest BCUT2D eigenvalue weighted by Crippen LogP contribution is -2.60. The van der Waals surface area contributed by atoms with Gasteiger partial charge in [-0.1, -0.05) is 12.1 Å². The van der Waals surface area contributed by atoms with Crippen LogP contribution in [0.3, 0.4) is 0 Å². The molecule has 1 N–H and O–H groups in total. The summed E-state index contributed by atoms with van der Waals surface area (Å²) in [5, 5.41) is 1.27. The predicted molar refractivity (Wildman–Crippen MR) is 110 cm³/mol. The number of nitrogens with zero attached hydrogens (tertiary/aromatic N) is 3. The Bertz CT molecular complexity index is 829. The smallest absolute Gasteiger partial charge is 0.222 e. The summed E-state index contributed by atoms with van der Waals surface area (Å²) in [6.07, 6.45) is 6.46. The van der Waals surface area contributed by atoms with Gasteiger partial charge in [-0.2, -0.15) is 0 Å². The molecule has 0 bridgehead atoms. The molecule has 4 rings (SSSR count). The number of carbonyl (C=O) groups is 1. The van der Waals surface area contributed by atoms with Crippen LogP contribution in [0.1, 0.15) is 24.8 Å². The number of aromatic amines is 1. The summed E-state index contributed by atoms with van der Waals surface area (Å²) in [4.78, 5) is 22.8. The van der Waals surface area contributed by atoms with E-state index < -0.39 is 0 Å². The number of hydrogen-bond acceptors (Lipinski definition) is 3. The standard InChI is InChI=1S/C22H30N4O/c1-3-11-26-12-9-22(8-6-21(26)27)17-25(14-13-24(22)2)16-18-4-5-20-19(15-18)7-10-23-20/h3-5,7,10,15,23H,1,6,8-9,11-14,16-17H2,2H3. The first-order chi connectivity index (χ1) is 13.1. The minimum Gasteiger partial charge on any atom is -0.361 e. The predicted octanol–water partition coefficient (Wildman–Crippen LogP) is 2.85. The van der Waals surface area contributed by atoms with E-state index in [-0.39, 0.29) is 11.4 Å². The zero-order valence-corrected chi connectivity index (χ0v) is 16.3. The summed E-state index contributed by atoms with van der Waals surface area (Å²) >= 11 is 0.